The van der Waals surface area contributed by atoms with Crippen molar-refractivity contribution in [3.8, 4) is 5.75 Å². The van der Waals surface area contributed by atoms with E-state index >= 15 is 0 Å². The molecule has 8 nitrogen and oxygen atoms in total. The molecule has 0 saturated heterocycles. The summed E-state index contributed by atoms with van der Waals surface area (Å²) >= 11 is 0. The fourth-order valence-electron chi connectivity index (χ4n) is 2.25. The maximum Gasteiger partial charge on any atom is 0.573 e. The number of aryl methyl sites for hydroxylation is 1. The van der Waals surface area contributed by atoms with Crippen LogP contribution in [-0.4, -0.2) is 33.3 Å². The third-order valence-corrected chi connectivity index (χ3v) is 4.53. The first-order chi connectivity index (χ1) is 13.9. The number of esters is 1. The minimum absolute atomic E-state index is 0.0501. The minimum atomic E-state index is -4.82. The summed E-state index contributed by atoms with van der Waals surface area (Å²) in [5.74, 6) is -1.77. The second kappa shape index (κ2) is 9.59. The second-order valence-corrected chi connectivity index (χ2v) is 7.53. The van der Waals surface area contributed by atoms with Crippen molar-refractivity contribution in [3.63, 3.8) is 0 Å². The van der Waals surface area contributed by atoms with Crippen LogP contribution in [0.5, 0.6) is 5.75 Å². The monoisotopic (exact) mass is 446 g/mol. The number of amides is 1. The van der Waals surface area contributed by atoms with Crippen LogP contribution < -0.4 is 15.2 Å². The van der Waals surface area contributed by atoms with Gasteiger partial charge in [0.2, 0.25) is 10.0 Å². The largest absolute Gasteiger partial charge is 0.573 e. The molecule has 3 N–H and O–H groups in total. The zero-order valence-corrected chi connectivity index (χ0v) is 16.1. The van der Waals surface area contributed by atoms with Crippen LogP contribution in [0.1, 0.15) is 12.0 Å². The fourth-order valence-corrected chi connectivity index (χ4v) is 2.76. The zero-order valence-electron chi connectivity index (χ0n) is 15.3. The Kier molecular flexibility index (Phi) is 7.40. The topological polar surface area (TPSA) is 125 Å². The molecule has 2 rings (SSSR count). The molecule has 0 aliphatic rings. The molecule has 2 aromatic carbocycles. The summed E-state index contributed by atoms with van der Waals surface area (Å²) in [6, 6.07) is 10.1. The van der Waals surface area contributed by atoms with Gasteiger partial charge in [-0.3, -0.25) is 9.59 Å². The van der Waals surface area contributed by atoms with E-state index in [0.29, 0.717) is 5.56 Å². The van der Waals surface area contributed by atoms with Crippen molar-refractivity contribution in [3.05, 3.63) is 54.1 Å². The number of nitrogens with two attached hydrogens (primary N) is 1. The van der Waals surface area contributed by atoms with Crippen LogP contribution in [0.3, 0.4) is 0 Å². The number of hydrogen-bond acceptors (Lipinski definition) is 6. The van der Waals surface area contributed by atoms with Gasteiger partial charge in [-0.15, -0.1) is 13.2 Å². The molecule has 0 spiro atoms. The SMILES string of the molecule is NS(=O)(=O)c1ccc(CCC(=O)OCC(=O)Nc2ccc(OC(F)(F)F)cc2)cc1. The Morgan fingerprint density at radius 3 is 2.13 bits per heavy atom. The normalized spacial score (nSPS) is 11.6. The Morgan fingerprint density at radius 2 is 1.60 bits per heavy atom. The highest BCUT2D eigenvalue weighted by atomic mass is 32.2. The van der Waals surface area contributed by atoms with E-state index in [1.54, 1.807) is 0 Å². The van der Waals surface area contributed by atoms with Crippen LogP contribution in [0, 0.1) is 0 Å². The molecule has 0 saturated carbocycles. The standard InChI is InChI=1S/C18H17F3N2O6S/c19-18(20,21)29-14-6-4-13(5-7-14)23-16(24)11-28-17(25)10-3-12-1-8-15(9-2-12)30(22,26)27/h1-2,4-9H,3,10-11H2,(H,23,24)(H2,22,26,27). The lowest BCUT2D eigenvalue weighted by molar-refractivity contribution is -0.274. The molecular weight excluding hydrogens is 429 g/mol. The molecular formula is C18H17F3N2O6S. The number of alkyl halides is 3. The maximum absolute atomic E-state index is 12.1. The molecule has 12 heteroatoms. The number of halogens is 3. The number of anilines is 1. The predicted molar refractivity (Wildman–Crippen MR) is 98.8 cm³/mol. The van der Waals surface area contributed by atoms with Crippen LogP contribution >= 0.6 is 0 Å². The number of carbonyl (C=O) groups is 2. The maximum atomic E-state index is 12.1. The van der Waals surface area contributed by atoms with E-state index in [1.807, 2.05) is 0 Å². The van der Waals surface area contributed by atoms with Gasteiger partial charge < -0.3 is 14.8 Å². The van der Waals surface area contributed by atoms with Crippen molar-refractivity contribution in [2.75, 3.05) is 11.9 Å². The van der Waals surface area contributed by atoms with Crippen LogP contribution in [-0.2, 0) is 30.8 Å². The minimum Gasteiger partial charge on any atom is -0.456 e. The molecule has 0 aliphatic carbocycles. The number of nitrogens with one attached hydrogen (secondary N) is 1. The van der Waals surface area contributed by atoms with E-state index in [4.69, 9.17) is 9.88 Å². The van der Waals surface area contributed by atoms with Crippen molar-refractivity contribution >= 4 is 27.6 Å². The van der Waals surface area contributed by atoms with Gasteiger partial charge in [0.15, 0.2) is 6.61 Å². The Hall–Kier alpha value is -3.12. The quantitative estimate of drug-likeness (QED) is 0.600. The van der Waals surface area contributed by atoms with E-state index in [0.717, 1.165) is 12.1 Å². The Balaban J connectivity index is 1.74. The molecule has 0 aliphatic heterocycles. The summed E-state index contributed by atoms with van der Waals surface area (Å²) in [5.41, 5.74) is 0.866. The Labute approximate surface area is 169 Å². The summed E-state index contributed by atoms with van der Waals surface area (Å²) in [4.78, 5) is 23.5. The average molecular weight is 446 g/mol. The van der Waals surface area contributed by atoms with Crippen LogP contribution in [0.15, 0.2) is 53.4 Å². The molecule has 0 heterocycles. The van der Waals surface area contributed by atoms with Crippen LogP contribution in [0.4, 0.5) is 18.9 Å². The van der Waals surface area contributed by atoms with Gasteiger partial charge in [-0.05, 0) is 48.4 Å². The van der Waals surface area contributed by atoms with Gasteiger partial charge >= 0.3 is 12.3 Å². The van der Waals surface area contributed by atoms with Crippen molar-refractivity contribution in [1.29, 1.82) is 0 Å². The van der Waals surface area contributed by atoms with Crippen LogP contribution in [0.2, 0.25) is 0 Å². The van der Waals surface area contributed by atoms with Gasteiger partial charge in [0.25, 0.3) is 5.91 Å². The Morgan fingerprint density at radius 1 is 1.00 bits per heavy atom. The van der Waals surface area contributed by atoms with E-state index in [-0.39, 0.29) is 23.4 Å². The van der Waals surface area contributed by atoms with Crippen molar-refractivity contribution in [2.24, 2.45) is 5.14 Å². The molecule has 0 bridgehead atoms. The summed E-state index contributed by atoms with van der Waals surface area (Å²) in [7, 11) is -3.80. The third-order valence-electron chi connectivity index (χ3n) is 3.61. The lowest BCUT2D eigenvalue weighted by Crippen LogP contribution is -2.21. The number of benzene rings is 2. The molecule has 0 aromatic heterocycles. The van der Waals surface area contributed by atoms with Crippen LogP contribution in [0.25, 0.3) is 0 Å². The molecule has 0 fully saturated rings. The molecule has 0 unspecified atom stereocenters. The summed E-state index contributed by atoms with van der Waals surface area (Å²) in [6.07, 6.45) is -4.61. The summed E-state index contributed by atoms with van der Waals surface area (Å²) < 4.78 is 67.2. The van der Waals surface area contributed by atoms with E-state index in [2.05, 4.69) is 10.1 Å². The van der Waals surface area contributed by atoms with Gasteiger partial charge in [0.05, 0.1) is 4.90 Å². The Bertz CT molecular complexity index is 990. The molecule has 0 radical (unpaired) electrons. The molecule has 162 valence electrons. The highest BCUT2D eigenvalue weighted by Crippen LogP contribution is 2.23. The van der Waals surface area contributed by atoms with Gasteiger partial charge in [-0.1, -0.05) is 12.1 Å². The summed E-state index contributed by atoms with van der Waals surface area (Å²) in [6.45, 7) is -0.579. The number of rotatable bonds is 8. The smallest absolute Gasteiger partial charge is 0.456 e. The fraction of sp³-hybridized carbons (Fsp3) is 0.222. The number of sulfonamides is 1. The van der Waals surface area contributed by atoms with Crippen molar-refractivity contribution in [1.82, 2.24) is 0 Å². The second-order valence-electron chi connectivity index (χ2n) is 5.97. The average Bonchev–Trinajstić information content (AvgIpc) is 2.65. The van der Waals surface area contributed by atoms with Crippen molar-refractivity contribution < 1.29 is 40.7 Å². The molecule has 0 atom stereocenters. The van der Waals surface area contributed by atoms with Gasteiger partial charge in [-0.25, -0.2) is 13.6 Å². The van der Waals surface area contributed by atoms with Crippen molar-refractivity contribution in [2.45, 2.75) is 24.1 Å². The first kappa shape index (κ1) is 23.2. The zero-order chi connectivity index (χ0) is 22.4. The molecule has 1 amide bonds. The van der Waals surface area contributed by atoms with Gasteiger partial charge in [-0.2, -0.15) is 0 Å². The van der Waals surface area contributed by atoms with E-state index < -0.39 is 40.6 Å². The third kappa shape index (κ3) is 8.09. The first-order valence-corrected chi connectivity index (χ1v) is 9.90. The molecule has 30 heavy (non-hydrogen) atoms. The van der Waals surface area contributed by atoms with Gasteiger partial charge in [0, 0.05) is 12.1 Å². The lowest BCUT2D eigenvalue weighted by Gasteiger charge is -2.10. The lowest BCUT2D eigenvalue weighted by atomic mass is 10.1. The number of hydrogen-bond donors (Lipinski definition) is 2. The van der Waals surface area contributed by atoms with E-state index in [9.17, 15) is 31.2 Å². The highest BCUT2D eigenvalue weighted by molar-refractivity contribution is 7.89. The number of carbonyl (C=O) groups excluding carboxylic acids is 2. The predicted octanol–water partition coefficient (Wildman–Crippen LogP) is 2.35. The molecule has 2 aromatic rings. The number of ether oxygens (including phenoxy) is 2. The first-order valence-electron chi connectivity index (χ1n) is 8.35. The highest BCUT2D eigenvalue weighted by Gasteiger charge is 2.30. The number of primary sulfonamides is 1. The summed E-state index contributed by atoms with van der Waals surface area (Å²) in [5, 5.41) is 7.35. The van der Waals surface area contributed by atoms with Gasteiger partial charge in [0.1, 0.15) is 5.75 Å². The van der Waals surface area contributed by atoms with E-state index in [1.165, 1.54) is 36.4 Å².